The summed E-state index contributed by atoms with van der Waals surface area (Å²) in [5.74, 6) is 0.418. The summed E-state index contributed by atoms with van der Waals surface area (Å²) in [6.45, 7) is 5.71. The van der Waals surface area contributed by atoms with Crippen molar-refractivity contribution >= 4 is 11.9 Å². The second-order valence-electron chi connectivity index (χ2n) is 5.35. The van der Waals surface area contributed by atoms with Crippen molar-refractivity contribution in [3.05, 3.63) is 0 Å². The lowest BCUT2D eigenvalue weighted by molar-refractivity contribution is -0.138. The number of rotatable bonds is 5. The number of aliphatic carboxylic acids is 1. The Bertz CT molecular complexity index is 268. The second-order valence-corrected chi connectivity index (χ2v) is 5.35. The number of amides is 1. The fourth-order valence-electron chi connectivity index (χ4n) is 2.28. The number of hydrogen-bond acceptors (Lipinski definition) is 2. The Labute approximate surface area is 103 Å². The summed E-state index contributed by atoms with van der Waals surface area (Å²) in [5.41, 5.74) is 0. The van der Waals surface area contributed by atoms with E-state index >= 15 is 0 Å². The van der Waals surface area contributed by atoms with E-state index in [9.17, 15) is 9.59 Å². The van der Waals surface area contributed by atoms with Crippen LogP contribution in [-0.2, 0) is 9.59 Å². The Morgan fingerprint density at radius 2 is 1.88 bits per heavy atom. The lowest BCUT2D eigenvalue weighted by Gasteiger charge is -2.32. The molecule has 1 amide bonds. The maximum atomic E-state index is 11.8. The lowest BCUT2D eigenvalue weighted by atomic mass is 9.92. The molecule has 1 aliphatic heterocycles. The van der Waals surface area contributed by atoms with Gasteiger partial charge < -0.3 is 10.0 Å². The van der Waals surface area contributed by atoms with E-state index in [2.05, 4.69) is 13.8 Å². The molecular formula is C13H23NO3. The Morgan fingerprint density at radius 1 is 1.29 bits per heavy atom. The Kier molecular flexibility index (Phi) is 5.45. The Balaban J connectivity index is 2.25. The van der Waals surface area contributed by atoms with Gasteiger partial charge in [0.1, 0.15) is 0 Å². The number of likely N-dealkylation sites (tertiary alicyclic amines) is 1. The summed E-state index contributed by atoms with van der Waals surface area (Å²) in [5, 5.41) is 8.62. The predicted molar refractivity (Wildman–Crippen MR) is 65.6 cm³/mol. The average Bonchev–Trinajstić information content (AvgIpc) is 2.26. The first-order chi connectivity index (χ1) is 7.99. The molecule has 4 heteroatoms. The van der Waals surface area contributed by atoms with Crippen LogP contribution in [0.1, 0.15) is 46.0 Å². The van der Waals surface area contributed by atoms with Gasteiger partial charge in [-0.05, 0) is 31.1 Å². The van der Waals surface area contributed by atoms with E-state index in [-0.39, 0.29) is 12.3 Å². The van der Waals surface area contributed by atoms with E-state index in [1.165, 1.54) is 0 Å². The molecule has 0 bridgehead atoms. The maximum Gasteiger partial charge on any atom is 0.303 e. The molecule has 0 aromatic carbocycles. The van der Waals surface area contributed by atoms with E-state index in [0.29, 0.717) is 18.3 Å². The van der Waals surface area contributed by atoms with Crippen LogP contribution < -0.4 is 0 Å². The summed E-state index contributed by atoms with van der Waals surface area (Å²) >= 11 is 0. The van der Waals surface area contributed by atoms with Crippen LogP contribution in [0.25, 0.3) is 0 Å². The highest BCUT2D eigenvalue weighted by molar-refractivity contribution is 5.76. The van der Waals surface area contributed by atoms with E-state index in [1.54, 1.807) is 0 Å². The van der Waals surface area contributed by atoms with E-state index in [4.69, 9.17) is 5.11 Å². The van der Waals surface area contributed by atoms with Crippen LogP contribution in [0.3, 0.4) is 0 Å². The summed E-state index contributed by atoms with van der Waals surface area (Å²) < 4.78 is 0. The third kappa shape index (κ3) is 5.20. The molecule has 0 aromatic heterocycles. The molecule has 1 saturated heterocycles. The number of nitrogens with zero attached hydrogens (tertiary/aromatic N) is 1. The molecule has 1 fully saturated rings. The molecule has 4 nitrogen and oxygen atoms in total. The summed E-state index contributed by atoms with van der Waals surface area (Å²) in [7, 11) is 0. The van der Waals surface area contributed by atoms with Gasteiger partial charge in [0, 0.05) is 25.9 Å². The first-order valence-corrected chi connectivity index (χ1v) is 6.48. The highest BCUT2D eigenvalue weighted by atomic mass is 16.4. The fourth-order valence-corrected chi connectivity index (χ4v) is 2.28. The molecule has 0 atom stereocenters. The van der Waals surface area contributed by atoms with Gasteiger partial charge in [0.2, 0.25) is 5.91 Å². The molecule has 98 valence electrons. The zero-order chi connectivity index (χ0) is 12.8. The van der Waals surface area contributed by atoms with Gasteiger partial charge in [-0.2, -0.15) is 0 Å². The Hall–Kier alpha value is -1.06. The highest BCUT2D eigenvalue weighted by Gasteiger charge is 2.23. The minimum absolute atomic E-state index is 0.247. The minimum atomic E-state index is -0.719. The van der Waals surface area contributed by atoms with Crippen molar-refractivity contribution < 1.29 is 14.7 Å². The van der Waals surface area contributed by atoms with Crippen LogP contribution >= 0.6 is 0 Å². The standard InChI is InChI=1S/C13H23NO3/c1-10(2)9-12(15)14-7-5-11(6-8-14)3-4-13(16)17/h10-11H,3-9H2,1-2H3,(H,16,17). The van der Waals surface area contributed by atoms with Gasteiger partial charge in [0.05, 0.1) is 0 Å². The van der Waals surface area contributed by atoms with E-state index < -0.39 is 5.97 Å². The first kappa shape index (κ1) is 14.0. The number of piperidine rings is 1. The molecule has 1 aliphatic rings. The quantitative estimate of drug-likeness (QED) is 0.802. The second kappa shape index (κ2) is 6.62. The largest absolute Gasteiger partial charge is 0.481 e. The number of carbonyl (C=O) groups excluding carboxylic acids is 1. The van der Waals surface area contributed by atoms with E-state index in [1.807, 2.05) is 4.90 Å². The molecule has 0 unspecified atom stereocenters. The van der Waals surface area contributed by atoms with Crippen molar-refractivity contribution in [1.82, 2.24) is 4.90 Å². The molecule has 0 spiro atoms. The van der Waals surface area contributed by atoms with Crippen molar-refractivity contribution in [2.45, 2.75) is 46.0 Å². The lowest BCUT2D eigenvalue weighted by Crippen LogP contribution is -2.39. The van der Waals surface area contributed by atoms with Crippen LogP contribution in [0.15, 0.2) is 0 Å². The van der Waals surface area contributed by atoms with E-state index in [0.717, 1.165) is 32.4 Å². The maximum absolute atomic E-state index is 11.8. The molecule has 0 saturated carbocycles. The monoisotopic (exact) mass is 241 g/mol. The number of carbonyl (C=O) groups is 2. The smallest absolute Gasteiger partial charge is 0.303 e. The minimum Gasteiger partial charge on any atom is -0.481 e. The van der Waals surface area contributed by atoms with Gasteiger partial charge in [-0.15, -0.1) is 0 Å². The van der Waals surface area contributed by atoms with Gasteiger partial charge in [-0.25, -0.2) is 0 Å². The molecule has 1 rings (SSSR count). The van der Waals surface area contributed by atoms with Crippen molar-refractivity contribution in [2.24, 2.45) is 11.8 Å². The van der Waals surface area contributed by atoms with Crippen molar-refractivity contribution in [2.75, 3.05) is 13.1 Å². The topological polar surface area (TPSA) is 57.6 Å². The molecule has 17 heavy (non-hydrogen) atoms. The molecule has 0 radical (unpaired) electrons. The molecule has 0 aliphatic carbocycles. The van der Waals surface area contributed by atoms with Crippen LogP contribution in [-0.4, -0.2) is 35.0 Å². The third-order valence-corrected chi connectivity index (χ3v) is 3.32. The van der Waals surface area contributed by atoms with Crippen molar-refractivity contribution in [1.29, 1.82) is 0 Å². The highest BCUT2D eigenvalue weighted by Crippen LogP contribution is 2.22. The zero-order valence-electron chi connectivity index (χ0n) is 10.8. The number of carboxylic acid groups (broad SMARTS) is 1. The summed E-state index contributed by atoms with van der Waals surface area (Å²) in [6.07, 6.45) is 3.54. The number of hydrogen-bond donors (Lipinski definition) is 1. The van der Waals surface area contributed by atoms with Crippen LogP contribution in [0, 0.1) is 11.8 Å². The predicted octanol–water partition coefficient (Wildman–Crippen LogP) is 2.14. The van der Waals surface area contributed by atoms with Gasteiger partial charge in [0.15, 0.2) is 0 Å². The van der Waals surface area contributed by atoms with Crippen LogP contribution in [0.4, 0.5) is 0 Å². The first-order valence-electron chi connectivity index (χ1n) is 6.48. The number of carboxylic acids is 1. The van der Waals surface area contributed by atoms with Crippen molar-refractivity contribution in [3.63, 3.8) is 0 Å². The average molecular weight is 241 g/mol. The normalized spacial score (nSPS) is 17.5. The Morgan fingerprint density at radius 3 is 2.35 bits per heavy atom. The SMILES string of the molecule is CC(C)CC(=O)N1CCC(CCC(=O)O)CC1. The summed E-state index contributed by atoms with van der Waals surface area (Å²) in [4.78, 5) is 24.2. The van der Waals surface area contributed by atoms with Gasteiger partial charge in [0.25, 0.3) is 0 Å². The van der Waals surface area contributed by atoms with Gasteiger partial charge >= 0.3 is 5.97 Å². The fraction of sp³-hybridized carbons (Fsp3) is 0.846. The molecule has 0 aromatic rings. The summed E-state index contributed by atoms with van der Waals surface area (Å²) in [6, 6.07) is 0. The molecular weight excluding hydrogens is 218 g/mol. The molecule has 1 N–H and O–H groups in total. The van der Waals surface area contributed by atoms with Crippen molar-refractivity contribution in [3.8, 4) is 0 Å². The van der Waals surface area contributed by atoms with Gasteiger partial charge in [-0.1, -0.05) is 13.8 Å². The van der Waals surface area contributed by atoms with Gasteiger partial charge in [-0.3, -0.25) is 9.59 Å². The third-order valence-electron chi connectivity index (χ3n) is 3.32. The van der Waals surface area contributed by atoms with Crippen LogP contribution in [0.5, 0.6) is 0 Å². The molecule has 1 heterocycles. The zero-order valence-corrected chi connectivity index (χ0v) is 10.8. The van der Waals surface area contributed by atoms with Crippen LogP contribution in [0.2, 0.25) is 0 Å².